The van der Waals surface area contributed by atoms with Gasteiger partial charge in [0, 0.05) is 0 Å². The van der Waals surface area contributed by atoms with Crippen LogP contribution in [0.2, 0.25) is 13.3 Å². The van der Waals surface area contributed by atoms with Crippen LogP contribution in [0, 0.1) is 0 Å². The SMILES string of the molecule is CCCC/C=C/[C](=C/c1ccccc1)[Sn]([CH2]CCC)([CH2]CCC)[CH2]CCC. The molecule has 0 heterocycles. The molecule has 1 aromatic carbocycles. The van der Waals surface area contributed by atoms with Gasteiger partial charge in [0.15, 0.2) is 0 Å². The summed E-state index contributed by atoms with van der Waals surface area (Å²) < 4.78 is 6.42. The molecule has 1 rings (SSSR count). The number of rotatable bonds is 15. The third kappa shape index (κ3) is 9.50. The minimum absolute atomic E-state index is 1.24. The van der Waals surface area contributed by atoms with Crippen molar-refractivity contribution in [1.82, 2.24) is 0 Å². The van der Waals surface area contributed by atoms with Crippen molar-refractivity contribution in [1.29, 1.82) is 0 Å². The maximum atomic E-state index is 2.58. The van der Waals surface area contributed by atoms with Crippen molar-refractivity contribution in [3.8, 4) is 0 Å². The third-order valence-corrected chi connectivity index (χ3v) is 21.4. The third-order valence-electron chi connectivity index (χ3n) is 5.78. The summed E-state index contributed by atoms with van der Waals surface area (Å²) in [6.45, 7) is 9.40. The van der Waals surface area contributed by atoms with Crippen molar-refractivity contribution in [2.24, 2.45) is 0 Å². The number of hydrogen-bond acceptors (Lipinski definition) is 0. The van der Waals surface area contributed by atoms with E-state index in [9.17, 15) is 0 Å². The van der Waals surface area contributed by atoms with Crippen molar-refractivity contribution in [3.05, 3.63) is 51.6 Å². The number of benzene rings is 1. The van der Waals surface area contributed by atoms with Crippen LogP contribution in [-0.2, 0) is 0 Å². The van der Waals surface area contributed by atoms with E-state index < -0.39 is 18.4 Å². The van der Waals surface area contributed by atoms with Gasteiger partial charge in [-0.25, -0.2) is 0 Å². The van der Waals surface area contributed by atoms with Crippen molar-refractivity contribution >= 4 is 24.5 Å². The average molecular weight is 475 g/mol. The molecule has 0 fully saturated rings. The molecule has 0 atom stereocenters. The van der Waals surface area contributed by atoms with Crippen LogP contribution >= 0.6 is 0 Å². The molecule has 0 N–H and O–H groups in total. The summed E-state index contributed by atoms with van der Waals surface area (Å²) >= 11 is -2.38. The molecule has 1 aromatic rings. The predicted octanol–water partition coefficient (Wildman–Crippen LogP) is 9.20. The number of allylic oxidation sites excluding steroid dienone is 3. The monoisotopic (exact) mass is 476 g/mol. The Balaban J connectivity index is 3.29. The molecule has 0 nitrogen and oxygen atoms in total. The standard InChI is InChI=1S/C14H17.3C4H9.Sn/c1-2-3-4-5-6-8-11-14-12-9-7-10-13-14;3*1-3-4-2;/h5-7,9-13H,2-4H2,1H3;3*1,3-4H2,2H3;/b6-5+,11-8?;;;;. The molecule has 0 aliphatic rings. The fourth-order valence-corrected chi connectivity index (χ4v) is 20.1. The zero-order valence-corrected chi connectivity index (χ0v) is 21.5. The first-order valence-electron chi connectivity index (χ1n) is 11.7. The maximum absolute atomic E-state index is 2.58. The number of unbranched alkanes of at least 4 members (excludes halogenated alkanes) is 5. The Hall–Kier alpha value is -0.501. The van der Waals surface area contributed by atoms with Gasteiger partial charge in [-0.2, -0.15) is 0 Å². The Morgan fingerprint density at radius 2 is 1.26 bits per heavy atom. The van der Waals surface area contributed by atoms with E-state index in [4.69, 9.17) is 0 Å². The summed E-state index contributed by atoms with van der Waals surface area (Å²) in [5.41, 5.74) is 1.40. The molecule has 152 valence electrons. The molecule has 0 radical (unpaired) electrons. The van der Waals surface area contributed by atoms with Gasteiger partial charge in [0.05, 0.1) is 0 Å². The van der Waals surface area contributed by atoms with E-state index in [0.717, 1.165) is 0 Å². The Morgan fingerprint density at radius 3 is 1.74 bits per heavy atom. The molecule has 0 saturated heterocycles. The summed E-state index contributed by atoms with van der Waals surface area (Å²) in [5.74, 6) is 0. The Labute approximate surface area is 174 Å². The quantitative estimate of drug-likeness (QED) is 0.135. The molecule has 1 heteroatoms. The van der Waals surface area contributed by atoms with Gasteiger partial charge in [-0.3, -0.25) is 0 Å². The van der Waals surface area contributed by atoms with Gasteiger partial charge in [0.2, 0.25) is 0 Å². The molecule has 0 spiro atoms. The molecular formula is C26H44Sn. The van der Waals surface area contributed by atoms with Crippen LogP contribution in [0.25, 0.3) is 6.08 Å². The molecule has 0 aliphatic heterocycles. The van der Waals surface area contributed by atoms with Gasteiger partial charge in [-0.1, -0.05) is 0 Å². The Kier molecular flexibility index (Phi) is 14.0. The second-order valence-corrected chi connectivity index (χ2v) is 21.4. The van der Waals surface area contributed by atoms with Crippen LogP contribution < -0.4 is 0 Å². The topological polar surface area (TPSA) is 0 Å². The van der Waals surface area contributed by atoms with Gasteiger partial charge in [0.1, 0.15) is 0 Å². The molecule has 0 aliphatic carbocycles. The van der Waals surface area contributed by atoms with Gasteiger partial charge in [-0.15, -0.1) is 0 Å². The Bertz CT molecular complexity index is 505. The first-order valence-corrected chi connectivity index (χ1v) is 19.1. The van der Waals surface area contributed by atoms with E-state index in [0.29, 0.717) is 0 Å². The van der Waals surface area contributed by atoms with Crippen LogP contribution in [0.5, 0.6) is 0 Å². The molecule has 0 unspecified atom stereocenters. The molecule has 0 saturated carbocycles. The van der Waals surface area contributed by atoms with Crippen LogP contribution in [0.4, 0.5) is 0 Å². The van der Waals surface area contributed by atoms with Crippen LogP contribution in [0.15, 0.2) is 46.1 Å². The minimum atomic E-state index is -2.38. The van der Waals surface area contributed by atoms with E-state index in [1.54, 1.807) is 16.9 Å². The van der Waals surface area contributed by atoms with Gasteiger partial charge in [0.25, 0.3) is 0 Å². The van der Waals surface area contributed by atoms with Crippen molar-refractivity contribution in [2.75, 3.05) is 0 Å². The normalized spacial score (nSPS) is 12.8. The van der Waals surface area contributed by atoms with Gasteiger partial charge >= 0.3 is 175 Å². The van der Waals surface area contributed by atoms with Crippen LogP contribution in [0.3, 0.4) is 0 Å². The molecule has 27 heavy (non-hydrogen) atoms. The fourth-order valence-electron chi connectivity index (χ4n) is 3.99. The average Bonchev–Trinajstić information content (AvgIpc) is 2.71. The van der Waals surface area contributed by atoms with E-state index in [1.165, 1.54) is 63.4 Å². The molecule has 0 aromatic heterocycles. The second-order valence-electron chi connectivity index (χ2n) is 8.15. The summed E-state index contributed by atoms with van der Waals surface area (Å²) in [6.07, 6.45) is 19.8. The van der Waals surface area contributed by atoms with E-state index in [-0.39, 0.29) is 0 Å². The zero-order valence-electron chi connectivity index (χ0n) is 18.6. The Morgan fingerprint density at radius 1 is 0.741 bits per heavy atom. The van der Waals surface area contributed by atoms with E-state index in [1.807, 2.05) is 0 Å². The van der Waals surface area contributed by atoms with E-state index >= 15 is 0 Å². The fraction of sp³-hybridized carbons (Fsp3) is 0.615. The van der Waals surface area contributed by atoms with Crippen molar-refractivity contribution < 1.29 is 0 Å². The van der Waals surface area contributed by atoms with Gasteiger partial charge < -0.3 is 0 Å². The molecule has 0 amide bonds. The van der Waals surface area contributed by atoms with Crippen molar-refractivity contribution in [3.63, 3.8) is 0 Å². The van der Waals surface area contributed by atoms with Crippen LogP contribution in [-0.4, -0.2) is 18.4 Å². The van der Waals surface area contributed by atoms with E-state index in [2.05, 4.69) is 76.3 Å². The van der Waals surface area contributed by atoms with Gasteiger partial charge in [-0.05, 0) is 0 Å². The summed E-state index contributed by atoms with van der Waals surface area (Å²) in [5, 5.41) is 0. The van der Waals surface area contributed by atoms with Crippen LogP contribution in [0.1, 0.15) is 91.0 Å². The van der Waals surface area contributed by atoms with Crippen molar-refractivity contribution in [2.45, 2.75) is 98.8 Å². The summed E-state index contributed by atoms with van der Waals surface area (Å²) in [7, 11) is 0. The molecule has 0 bridgehead atoms. The molecular weight excluding hydrogens is 431 g/mol. The second kappa shape index (κ2) is 15.4. The summed E-state index contributed by atoms with van der Waals surface area (Å²) in [6, 6.07) is 11.1. The predicted molar refractivity (Wildman–Crippen MR) is 128 cm³/mol. The summed E-state index contributed by atoms with van der Waals surface area (Å²) in [4.78, 5) is 0. The zero-order chi connectivity index (χ0) is 19.8. The number of hydrogen-bond donors (Lipinski definition) is 0. The first kappa shape index (κ1) is 24.5. The first-order chi connectivity index (χ1) is 13.2.